The first-order valence-corrected chi connectivity index (χ1v) is 19.3. The molecule has 3 nitrogen and oxygen atoms in total. The monoisotopic (exact) mass is 717 g/mol. The van der Waals surface area contributed by atoms with Gasteiger partial charge in [0.25, 0.3) is 0 Å². The van der Waals surface area contributed by atoms with Crippen LogP contribution in [-0.2, 0) is 0 Å². The quantitative estimate of drug-likeness (QED) is 0.131. The highest BCUT2D eigenvalue weighted by atomic mass is 32.1. The number of hydrogen-bond donors (Lipinski definition) is 0. The Bertz CT molecular complexity index is 3240. The van der Waals surface area contributed by atoms with E-state index in [1.165, 1.54) is 63.6 Å². The van der Waals surface area contributed by atoms with E-state index in [1.54, 1.807) is 0 Å². The molecule has 0 radical (unpaired) electrons. The molecule has 0 saturated heterocycles. The van der Waals surface area contributed by atoms with Gasteiger partial charge in [-0.25, -0.2) is 15.0 Å². The third-order valence-electron chi connectivity index (χ3n) is 10.7. The molecule has 11 rings (SSSR count). The SMILES string of the molecule is c1ccc(-c2nc(-c3ccc(-c4ccc5sc6ccccc6c5c4)cc3)nc(-c3ccc(-c4c5ccccc5cc5c4ccc4ccccc45)cc3)n2)cc1. The molecule has 0 saturated carbocycles. The van der Waals surface area contributed by atoms with Gasteiger partial charge in [0.2, 0.25) is 0 Å². The van der Waals surface area contributed by atoms with Gasteiger partial charge in [0.05, 0.1) is 0 Å². The van der Waals surface area contributed by atoms with Crippen molar-refractivity contribution in [2.24, 2.45) is 0 Å². The van der Waals surface area contributed by atoms with E-state index in [9.17, 15) is 0 Å². The Labute approximate surface area is 321 Å². The van der Waals surface area contributed by atoms with Crippen LogP contribution in [0.5, 0.6) is 0 Å². The van der Waals surface area contributed by atoms with Gasteiger partial charge in [0.1, 0.15) is 0 Å². The van der Waals surface area contributed by atoms with Crippen molar-refractivity contribution in [2.75, 3.05) is 0 Å². The maximum atomic E-state index is 5.09. The highest BCUT2D eigenvalue weighted by molar-refractivity contribution is 7.25. The van der Waals surface area contributed by atoms with Crippen molar-refractivity contribution >= 4 is 63.8 Å². The fraction of sp³-hybridized carbons (Fsp3) is 0. The van der Waals surface area contributed by atoms with Crippen molar-refractivity contribution in [1.29, 1.82) is 0 Å². The molecule has 55 heavy (non-hydrogen) atoms. The molecule has 9 aromatic carbocycles. The summed E-state index contributed by atoms with van der Waals surface area (Å²) in [4.78, 5) is 15.1. The Hall–Kier alpha value is -7.01. The summed E-state index contributed by atoms with van der Waals surface area (Å²) in [5, 5.41) is 10.1. The van der Waals surface area contributed by atoms with Crippen LogP contribution in [0.1, 0.15) is 0 Å². The van der Waals surface area contributed by atoms with E-state index in [2.05, 4.69) is 170 Å². The minimum Gasteiger partial charge on any atom is -0.208 e. The molecule has 2 aromatic heterocycles. The Morgan fingerprint density at radius 3 is 1.53 bits per heavy atom. The van der Waals surface area contributed by atoms with Crippen molar-refractivity contribution in [2.45, 2.75) is 0 Å². The van der Waals surface area contributed by atoms with Crippen LogP contribution in [0.3, 0.4) is 0 Å². The summed E-state index contributed by atoms with van der Waals surface area (Å²) in [5.41, 5.74) is 7.57. The molecular weight excluding hydrogens is 687 g/mol. The number of hydrogen-bond acceptors (Lipinski definition) is 4. The van der Waals surface area contributed by atoms with Crippen LogP contribution in [0.4, 0.5) is 0 Å². The number of fused-ring (bicyclic) bond motifs is 7. The first-order valence-electron chi connectivity index (χ1n) is 18.5. The molecule has 0 amide bonds. The first kappa shape index (κ1) is 31.5. The lowest BCUT2D eigenvalue weighted by Gasteiger charge is -2.14. The third-order valence-corrected chi connectivity index (χ3v) is 11.9. The topological polar surface area (TPSA) is 38.7 Å². The van der Waals surface area contributed by atoms with Crippen LogP contribution in [0.25, 0.3) is 109 Å². The molecule has 256 valence electrons. The average Bonchev–Trinajstić information content (AvgIpc) is 3.64. The predicted octanol–water partition coefficient (Wildman–Crippen LogP) is 14.0. The third kappa shape index (κ3) is 5.46. The van der Waals surface area contributed by atoms with Crippen LogP contribution >= 0.6 is 11.3 Å². The van der Waals surface area contributed by atoms with Crippen molar-refractivity contribution in [3.8, 4) is 56.4 Å². The van der Waals surface area contributed by atoms with Crippen LogP contribution in [0.15, 0.2) is 188 Å². The van der Waals surface area contributed by atoms with Crippen LogP contribution in [-0.4, -0.2) is 15.0 Å². The maximum absolute atomic E-state index is 5.09. The molecule has 0 unspecified atom stereocenters. The van der Waals surface area contributed by atoms with Gasteiger partial charge in [0.15, 0.2) is 17.5 Å². The molecule has 0 bridgehead atoms. The van der Waals surface area contributed by atoms with Crippen molar-refractivity contribution < 1.29 is 0 Å². The lowest BCUT2D eigenvalue weighted by Crippen LogP contribution is -2.00. The van der Waals surface area contributed by atoms with Crippen LogP contribution < -0.4 is 0 Å². The maximum Gasteiger partial charge on any atom is 0.164 e. The molecule has 11 aromatic rings. The molecule has 0 atom stereocenters. The fourth-order valence-corrected chi connectivity index (χ4v) is 9.07. The molecule has 0 aliphatic carbocycles. The summed E-state index contributed by atoms with van der Waals surface area (Å²) < 4.78 is 2.62. The van der Waals surface area contributed by atoms with Gasteiger partial charge in [0, 0.05) is 36.9 Å². The number of benzene rings is 9. The van der Waals surface area contributed by atoms with Gasteiger partial charge in [-0.3, -0.25) is 0 Å². The second kappa shape index (κ2) is 12.8. The molecule has 4 heteroatoms. The molecule has 0 aliphatic rings. The van der Waals surface area contributed by atoms with Gasteiger partial charge in [-0.15, -0.1) is 11.3 Å². The minimum absolute atomic E-state index is 0.642. The van der Waals surface area contributed by atoms with Crippen molar-refractivity contribution in [3.05, 3.63) is 188 Å². The Morgan fingerprint density at radius 1 is 0.273 bits per heavy atom. The van der Waals surface area contributed by atoms with Gasteiger partial charge < -0.3 is 0 Å². The summed E-state index contributed by atoms with van der Waals surface area (Å²) in [6.07, 6.45) is 0. The average molecular weight is 718 g/mol. The molecule has 0 spiro atoms. The van der Waals surface area contributed by atoms with E-state index in [1.807, 2.05) is 29.5 Å². The van der Waals surface area contributed by atoms with E-state index in [0.717, 1.165) is 27.8 Å². The van der Waals surface area contributed by atoms with Crippen LogP contribution in [0.2, 0.25) is 0 Å². The van der Waals surface area contributed by atoms with Gasteiger partial charge in [-0.1, -0.05) is 164 Å². The van der Waals surface area contributed by atoms with E-state index in [0.29, 0.717) is 17.5 Å². The van der Waals surface area contributed by atoms with Crippen molar-refractivity contribution in [1.82, 2.24) is 15.0 Å². The number of rotatable bonds is 5. The second-order valence-electron chi connectivity index (χ2n) is 14.0. The highest BCUT2D eigenvalue weighted by Gasteiger charge is 2.16. The van der Waals surface area contributed by atoms with Gasteiger partial charge in [-0.05, 0) is 78.8 Å². The summed E-state index contributed by atoms with van der Waals surface area (Å²) >= 11 is 1.84. The minimum atomic E-state index is 0.642. The largest absolute Gasteiger partial charge is 0.208 e. The Morgan fingerprint density at radius 2 is 0.800 bits per heavy atom. The van der Waals surface area contributed by atoms with E-state index >= 15 is 0 Å². The zero-order chi connectivity index (χ0) is 36.3. The van der Waals surface area contributed by atoms with E-state index < -0.39 is 0 Å². The lowest BCUT2D eigenvalue weighted by molar-refractivity contribution is 1.07. The summed E-state index contributed by atoms with van der Waals surface area (Å²) in [6, 6.07) is 67.0. The van der Waals surface area contributed by atoms with Crippen LogP contribution in [0, 0.1) is 0 Å². The zero-order valence-electron chi connectivity index (χ0n) is 29.6. The number of thiophene rings is 1. The predicted molar refractivity (Wildman–Crippen MR) is 232 cm³/mol. The Kier molecular flexibility index (Phi) is 7.35. The lowest BCUT2D eigenvalue weighted by atomic mass is 9.89. The van der Waals surface area contributed by atoms with E-state index in [-0.39, 0.29) is 0 Å². The summed E-state index contributed by atoms with van der Waals surface area (Å²) in [5.74, 6) is 1.93. The zero-order valence-corrected chi connectivity index (χ0v) is 30.5. The molecule has 0 N–H and O–H groups in total. The van der Waals surface area contributed by atoms with Gasteiger partial charge in [-0.2, -0.15) is 0 Å². The molecule has 0 fully saturated rings. The fourth-order valence-electron chi connectivity index (χ4n) is 7.99. The molecule has 2 heterocycles. The van der Waals surface area contributed by atoms with Gasteiger partial charge >= 0.3 is 0 Å². The first-order chi connectivity index (χ1) is 27.2. The number of aromatic nitrogens is 3. The van der Waals surface area contributed by atoms with Crippen molar-refractivity contribution in [3.63, 3.8) is 0 Å². The molecule has 0 aliphatic heterocycles. The standard InChI is InChI=1S/C51H31N3S/c1-2-11-35(12-3-1)49-52-50(36-22-18-32(19-23-36)38-27-29-47-45(30-38)42-16-8-9-17-46(42)55-47)54-51(53-49)37-24-20-34(21-25-37)48-41-15-7-5-13-39(41)31-44-40-14-6-4-10-33(40)26-28-43(44)48/h1-31H. The summed E-state index contributed by atoms with van der Waals surface area (Å²) in [6.45, 7) is 0. The summed E-state index contributed by atoms with van der Waals surface area (Å²) in [7, 11) is 0. The Balaban J connectivity index is 0.999. The smallest absolute Gasteiger partial charge is 0.164 e. The van der Waals surface area contributed by atoms with E-state index in [4.69, 9.17) is 15.0 Å². The molecular formula is C51H31N3S. The highest BCUT2D eigenvalue weighted by Crippen LogP contribution is 2.40. The second-order valence-corrected chi connectivity index (χ2v) is 15.1. The normalized spacial score (nSPS) is 11.6. The number of nitrogens with zero attached hydrogens (tertiary/aromatic N) is 3.